The molecule has 0 saturated heterocycles. The van der Waals surface area contributed by atoms with E-state index in [2.05, 4.69) is 216 Å². The van der Waals surface area contributed by atoms with E-state index in [9.17, 15) is 0 Å². The molecule has 2 heterocycles. The van der Waals surface area contributed by atoms with Gasteiger partial charge in [0.2, 0.25) is 0 Å². The van der Waals surface area contributed by atoms with Gasteiger partial charge in [-0.2, -0.15) is 0 Å². The Kier molecular flexibility index (Phi) is 6.37. The monoisotopic (exact) mass is 738 g/mol. The van der Waals surface area contributed by atoms with Crippen molar-refractivity contribution in [1.82, 2.24) is 4.57 Å². The summed E-state index contributed by atoms with van der Waals surface area (Å²) < 4.78 is 9.07. The zero-order valence-electron chi connectivity index (χ0n) is 31.4. The van der Waals surface area contributed by atoms with E-state index in [1.165, 1.54) is 66.3 Å². The van der Waals surface area contributed by atoms with Gasteiger partial charge in [0.1, 0.15) is 11.2 Å². The first-order valence-corrected chi connectivity index (χ1v) is 20.0. The van der Waals surface area contributed by atoms with E-state index in [0.717, 1.165) is 44.7 Å². The van der Waals surface area contributed by atoms with Gasteiger partial charge in [-0.15, -0.1) is 0 Å². The number of nitrogens with zero attached hydrogens (tertiary/aromatic N) is 2. The normalized spacial score (nSPS) is 13.3. The number of para-hydroxylation sites is 3. The van der Waals surface area contributed by atoms with Crippen LogP contribution in [-0.2, 0) is 5.41 Å². The lowest BCUT2D eigenvalue weighted by Gasteiger charge is -2.32. The number of fused-ring (bicyclic) bond motifs is 16. The molecule has 270 valence electrons. The van der Waals surface area contributed by atoms with Gasteiger partial charge in [0.25, 0.3) is 0 Å². The van der Waals surface area contributed by atoms with E-state index in [1.807, 2.05) is 0 Å². The Bertz CT molecular complexity index is 3360. The molecule has 0 fully saturated rings. The number of hydrogen-bond donors (Lipinski definition) is 0. The molecule has 0 radical (unpaired) electrons. The minimum absolute atomic E-state index is 0.422. The van der Waals surface area contributed by atoms with E-state index in [1.54, 1.807) is 0 Å². The summed E-state index contributed by atoms with van der Waals surface area (Å²) in [6.07, 6.45) is 0. The van der Waals surface area contributed by atoms with E-state index >= 15 is 0 Å². The van der Waals surface area contributed by atoms with Crippen molar-refractivity contribution in [2.45, 2.75) is 5.41 Å². The van der Waals surface area contributed by atoms with Crippen molar-refractivity contribution in [3.8, 4) is 27.9 Å². The van der Waals surface area contributed by atoms with Crippen LogP contribution in [0.1, 0.15) is 22.3 Å². The summed E-state index contributed by atoms with van der Waals surface area (Å²) >= 11 is 0. The largest absolute Gasteiger partial charge is 0.456 e. The van der Waals surface area contributed by atoms with Crippen LogP contribution in [0.2, 0.25) is 0 Å². The number of aromatic nitrogens is 1. The molecule has 13 rings (SSSR count). The zero-order chi connectivity index (χ0) is 38.0. The first-order valence-electron chi connectivity index (χ1n) is 20.0. The Morgan fingerprint density at radius 2 is 0.879 bits per heavy atom. The Labute approximate surface area is 335 Å². The Morgan fingerprint density at radius 1 is 0.345 bits per heavy atom. The van der Waals surface area contributed by atoms with Gasteiger partial charge in [-0.3, -0.25) is 0 Å². The van der Waals surface area contributed by atoms with Crippen LogP contribution in [0.5, 0.6) is 0 Å². The van der Waals surface area contributed by atoms with Crippen LogP contribution >= 0.6 is 0 Å². The molecule has 2 aliphatic rings. The van der Waals surface area contributed by atoms with Crippen LogP contribution in [0.15, 0.2) is 211 Å². The molecular formula is C55H34N2O. The molecule has 2 aromatic heterocycles. The van der Waals surface area contributed by atoms with Gasteiger partial charge < -0.3 is 13.9 Å². The summed E-state index contributed by atoms with van der Waals surface area (Å²) in [5.41, 5.74) is 18.6. The topological polar surface area (TPSA) is 21.3 Å². The van der Waals surface area contributed by atoms with Gasteiger partial charge in [0.15, 0.2) is 0 Å². The van der Waals surface area contributed by atoms with E-state index in [-0.39, 0.29) is 0 Å². The van der Waals surface area contributed by atoms with Gasteiger partial charge >= 0.3 is 0 Å². The number of rotatable bonds is 4. The maximum Gasteiger partial charge on any atom is 0.137 e. The summed E-state index contributed by atoms with van der Waals surface area (Å²) in [5.74, 6) is 0. The van der Waals surface area contributed by atoms with E-state index in [0.29, 0.717) is 0 Å². The highest BCUT2D eigenvalue weighted by Crippen LogP contribution is 2.63. The second-order valence-corrected chi connectivity index (χ2v) is 15.6. The SMILES string of the molecule is c1ccc(N(c2ccc3c(c2)C2(c4ccccc4-c4ccccc42)c2ccccc2-3)c2ccc3c(c2)oc2ccc(-n4c5ccccc5c5ccccc54)cc23)cc1. The minimum atomic E-state index is -0.422. The second-order valence-electron chi connectivity index (χ2n) is 15.6. The van der Waals surface area contributed by atoms with Gasteiger partial charge in [-0.05, 0) is 111 Å². The highest BCUT2D eigenvalue weighted by Gasteiger charge is 2.51. The van der Waals surface area contributed by atoms with Gasteiger partial charge in [-0.25, -0.2) is 0 Å². The molecular weight excluding hydrogens is 705 g/mol. The van der Waals surface area contributed by atoms with Crippen molar-refractivity contribution < 1.29 is 4.42 Å². The molecule has 0 atom stereocenters. The molecule has 3 heteroatoms. The zero-order valence-corrected chi connectivity index (χ0v) is 31.4. The van der Waals surface area contributed by atoms with Crippen LogP contribution < -0.4 is 4.90 Å². The molecule has 0 amide bonds. The summed E-state index contributed by atoms with van der Waals surface area (Å²) in [5, 5.41) is 4.70. The van der Waals surface area contributed by atoms with E-state index in [4.69, 9.17) is 4.42 Å². The van der Waals surface area contributed by atoms with Crippen molar-refractivity contribution in [2.75, 3.05) is 4.90 Å². The second kappa shape index (κ2) is 11.7. The lowest BCUT2D eigenvalue weighted by atomic mass is 9.70. The van der Waals surface area contributed by atoms with E-state index < -0.39 is 5.41 Å². The summed E-state index contributed by atoms with van der Waals surface area (Å²) in [6.45, 7) is 0. The molecule has 0 aliphatic heterocycles. The third kappa shape index (κ3) is 4.12. The molecule has 0 saturated carbocycles. The predicted octanol–water partition coefficient (Wildman–Crippen LogP) is 14.5. The molecule has 2 aliphatic carbocycles. The van der Waals surface area contributed by atoms with Crippen LogP contribution in [0.4, 0.5) is 17.1 Å². The van der Waals surface area contributed by atoms with Crippen LogP contribution in [0.25, 0.3) is 71.7 Å². The van der Waals surface area contributed by atoms with Gasteiger partial charge in [0, 0.05) is 50.4 Å². The predicted molar refractivity (Wildman–Crippen MR) is 239 cm³/mol. The lowest BCUT2D eigenvalue weighted by molar-refractivity contribution is 0.669. The molecule has 0 unspecified atom stereocenters. The van der Waals surface area contributed by atoms with Gasteiger partial charge in [0.05, 0.1) is 16.4 Å². The van der Waals surface area contributed by atoms with Crippen LogP contribution in [0, 0.1) is 0 Å². The average molecular weight is 739 g/mol. The number of hydrogen-bond acceptors (Lipinski definition) is 2. The number of benzene rings is 9. The Morgan fingerprint density at radius 3 is 1.53 bits per heavy atom. The third-order valence-electron chi connectivity index (χ3n) is 12.8. The average Bonchev–Trinajstić information content (AvgIpc) is 4.00. The Hall–Kier alpha value is -7.62. The summed E-state index contributed by atoms with van der Waals surface area (Å²) in [7, 11) is 0. The van der Waals surface area contributed by atoms with Crippen molar-refractivity contribution in [2.24, 2.45) is 0 Å². The quantitative estimate of drug-likeness (QED) is 0.179. The van der Waals surface area contributed by atoms with Crippen molar-refractivity contribution in [3.05, 3.63) is 229 Å². The van der Waals surface area contributed by atoms with Crippen LogP contribution in [0.3, 0.4) is 0 Å². The fourth-order valence-corrected chi connectivity index (χ4v) is 10.5. The lowest BCUT2D eigenvalue weighted by Crippen LogP contribution is -2.26. The molecule has 0 N–H and O–H groups in total. The fraction of sp³-hybridized carbons (Fsp3) is 0.0182. The minimum Gasteiger partial charge on any atom is -0.456 e. The van der Waals surface area contributed by atoms with Crippen molar-refractivity contribution >= 4 is 60.8 Å². The maximum atomic E-state index is 6.70. The molecule has 11 aromatic rings. The molecule has 9 aromatic carbocycles. The van der Waals surface area contributed by atoms with Gasteiger partial charge in [-0.1, -0.05) is 133 Å². The molecule has 58 heavy (non-hydrogen) atoms. The van der Waals surface area contributed by atoms with Crippen molar-refractivity contribution in [1.29, 1.82) is 0 Å². The molecule has 1 spiro atoms. The summed E-state index contributed by atoms with van der Waals surface area (Å²) in [6, 6.07) is 75.4. The van der Waals surface area contributed by atoms with Crippen LogP contribution in [-0.4, -0.2) is 4.57 Å². The van der Waals surface area contributed by atoms with Crippen molar-refractivity contribution in [3.63, 3.8) is 0 Å². The Balaban J connectivity index is 0.999. The first kappa shape index (κ1) is 31.6. The number of furan rings is 1. The smallest absolute Gasteiger partial charge is 0.137 e. The standard InChI is InChI=1S/C55H34N2O/c1-2-14-35(15-3-1)56(37-26-29-42-41-18-6-11-23-49(41)55(50(42)33-37)47-21-9-4-16-39(47)40-17-5-10-22-48(40)55)38-27-30-45-46-32-36(28-31-53(46)58-54(45)34-38)57-51-24-12-7-19-43(51)44-20-8-13-25-52(44)57/h1-34H. The molecule has 0 bridgehead atoms. The third-order valence-corrected chi connectivity index (χ3v) is 12.8. The fourth-order valence-electron chi connectivity index (χ4n) is 10.5. The summed E-state index contributed by atoms with van der Waals surface area (Å²) in [4.78, 5) is 2.37. The molecule has 3 nitrogen and oxygen atoms in total. The highest BCUT2D eigenvalue weighted by molar-refractivity contribution is 6.11. The first-order chi connectivity index (χ1) is 28.8. The highest BCUT2D eigenvalue weighted by atomic mass is 16.3. The number of anilines is 3. The maximum absolute atomic E-state index is 6.70.